The third-order valence-corrected chi connectivity index (χ3v) is 8.43. The van der Waals surface area contributed by atoms with E-state index in [2.05, 4.69) is 10.4 Å². The number of carbonyl (C=O) groups excluding carboxylic acids is 1. The van der Waals surface area contributed by atoms with Crippen molar-refractivity contribution in [2.24, 2.45) is 7.05 Å². The molecule has 2 aromatic heterocycles. The number of benzene rings is 1. The molecule has 0 unspecified atom stereocenters. The maximum Gasteiger partial charge on any atom is 0.265 e. The molecule has 29 heavy (non-hydrogen) atoms. The zero-order valence-corrected chi connectivity index (χ0v) is 18.4. The Bertz CT molecular complexity index is 1150. The molecule has 1 aliphatic rings. The fourth-order valence-electron chi connectivity index (χ4n) is 3.65. The second-order valence-corrected chi connectivity index (χ2v) is 10.4. The van der Waals surface area contributed by atoms with E-state index in [-0.39, 0.29) is 10.8 Å². The SMILES string of the molecule is Cc1ccc(S(=O)(=O)N2CCCCC2)cc1NC(=O)c1cc2c(C)nn(C)c2s1. The van der Waals surface area contributed by atoms with Gasteiger partial charge in [0.15, 0.2) is 0 Å². The van der Waals surface area contributed by atoms with Gasteiger partial charge in [0.2, 0.25) is 10.0 Å². The highest BCUT2D eigenvalue weighted by Crippen LogP contribution is 2.29. The minimum atomic E-state index is -3.55. The van der Waals surface area contributed by atoms with Crippen LogP contribution in [0.3, 0.4) is 0 Å². The molecule has 0 aliphatic carbocycles. The fraction of sp³-hybridized carbons (Fsp3) is 0.400. The summed E-state index contributed by atoms with van der Waals surface area (Å²) in [4.78, 5) is 14.6. The summed E-state index contributed by atoms with van der Waals surface area (Å²) in [5.74, 6) is -0.249. The number of hydrogen-bond donors (Lipinski definition) is 1. The first-order valence-corrected chi connectivity index (χ1v) is 11.9. The Labute approximate surface area is 174 Å². The number of nitrogens with one attached hydrogen (secondary N) is 1. The minimum absolute atomic E-state index is 0.219. The molecule has 9 heteroatoms. The second kappa shape index (κ2) is 7.55. The van der Waals surface area contributed by atoms with Gasteiger partial charge in [-0.3, -0.25) is 9.48 Å². The number of carbonyl (C=O) groups is 1. The summed E-state index contributed by atoms with van der Waals surface area (Å²) in [6.45, 7) is 4.86. The van der Waals surface area contributed by atoms with Crippen LogP contribution in [-0.4, -0.2) is 41.5 Å². The van der Waals surface area contributed by atoms with Gasteiger partial charge in [0.05, 0.1) is 15.5 Å². The normalized spacial score (nSPS) is 15.7. The molecule has 3 aromatic rings. The molecule has 4 rings (SSSR count). The van der Waals surface area contributed by atoms with E-state index in [0.29, 0.717) is 23.7 Å². The lowest BCUT2D eigenvalue weighted by molar-refractivity contribution is 0.103. The molecule has 1 fully saturated rings. The zero-order valence-electron chi connectivity index (χ0n) is 16.7. The molecule has 0 atom stereocenters. The summed E-state index contributed by atoms with van der Waals surface area (Å²) in [5.41, 5.74) is 2.21. The summed E-state index contributed by atoms with van der Waals surface area (Å²) in [6.07, 6.45) is 2.83. The lowest BCUT2D eigenvalue weighted by Crippen LogP contribution is -2.35. The lowest BCUT2D eigenvalue weighted by atomic mass is 10.2. The van der Waals surface area contributed by atoms with Crippen LogP contribution in [0, 0.1) is 13.8 Å². The van der Waals surface area contributed by atoms with Crippen LogP contribution in [0.25, 0.3) is 10.2 Å². The van der Waals surface area contributed by atoms with E-state index >= 15 is 0 Å². The smallest absolute Gasteiger partial charge is 0.265 e. The minimum Gasteiger partial charge on any atom is -0.321 e. The Morgan fingerprint density at radius 2 is 1.86 bits per heavy atom. The molecule has 0 spiro atoms. The third-order valence-electron chi connectivity index (χ3n) is 5.33. The average Bonchev–Trinajstić information content (AvgIpc) is 3.26. The number of aromatic nitrogens is 2. The van der Waals surface area contributed by atoms with Crippen LogP contribution in [0.4, 0.5) is 5.69 Å². The molecular formula is C20H24N4O3S2. The summed E-state index contributed by atoms with van der Waals surface area (Å²) in [5, 5.41) is 8.21. The van der Waals surface area contributed by atoms with Gasteiger partial charge in [0, 0.05) is 31.2 Å². The summed E-state index contributed by atoms with van der Waals surface area (Å²) >= 11 is 1.37. The number of piperidine rings is 1. The van der Waals surface area contributed by atoms with E-state index in [0.717, 1.165) is 40.7 Å². The number of anilines is 1. The Balaban J connectivity index is 1.61. The summed E-state index contributed by atoms with van der Waals surface area (Å²) in [7, 11) is -1.70. The van der Waals surface area contributed by atoms with Gasteiger partial charge >= 0.3 is 0 Å². The highest BCUT2D eigenvalue weighted by Gasteiger charge is 2.26. The van der Waals surface area contributed by atoms with Crippen molar-refractivity contribution in [1.82, 2.24) is 14.1 Å². The quantitative estimate of drug-likeness (QED) is 0.682. The Morgan fingerprint density at radius 1 is 1.14 bits per heavy atom. The number of nitrogens with zero attached hydrogens (tertiary/aromatic N) is 3. The molecule has 1 N–H and O–H groups in total. The van der Waals surface area contributed by atoms with Crippen molar-refractivity contribution < 1.29 is 13.2 Å². The van der Waals surface area contributed by atoms with Gasteiger partial charge in [0.25, 0.3) is 5.91 Å². The molecule has 1 aliphatic heterocycles. The number of fused-ring (bicyclic) bond motifs is 1. The van der Waals surface area contributed by atoms with E-state index in [1.54, 1.807) is 22.9 Å². The highest BCUT2D eigenvalue weighted by atomic mass is 32.2. The van der Waals surface area contributed by atoms with Gasteiger partial charge in [-0.05, 0) is 50.5 Å². The van der Waals surface area contributed by atoms with Crippen LogP contribution >= 0.6 is 11.3 Å². The van der Waals surface area contributed by atoms with Crippen LogP contribution in [0.15, 0.2) is 29.2 Å². The Kier molecular flexibility index (Phi) is 5.22. The summed E-state index contributed by atoms with van der Waals surface area (Å²) in [6, 6.07) is 6.76. The van der Waals surface area contributed by atoms with Crippen molar-refractivity contribution in [3.05, 3.63) is 40.4 Å². The van der Waals surface area contributed by atoms with E-state index in [9.17, 15) is 13.2 Å². The second-order valence-electron chi connectivity index (χ2n) is 7.43. The molecule has 0 radical (unpaired) electrons. The van der Waals surface area contributed by atoms with Gasteiger partial charge in [-0.1, -0.05) is 12.5 Å². The molecule has 7 nitrogen and oxygen atoms in total. The number of aryl methyl sites for hydroxylation is 3. The average molecular weight is 433 g/mol. The number of sulfonamides is 1. The maximum atomic E-state index is 13.0. The van der Waals surface area contributed by atoms with Crippen LogP contribution in [0.5, 0.6) is 0 Å². The van der Waals surface area contributed by atoms with Crippen molar-refractivity contribution in [3.63, 3.8) is 0 Å². The van der Waals surface area contributed by atoms with E-state index in [4.69, 9.17) is 0 Å². The zero-order chi connectivity index (χ0) is 20.8. The number of amides is 1. The van der Waals surface area contributed by atoms with E-state index in [1.807, 2.05) is 27.0 Å². The first kappa shape index (κ1) is 20.1. The molecule has 0 saturated carbocycles. The predicted molar refractivity (Wildman–Crippen MR) is 115 cm³/mol. The van der Waals surface area contributed by atoms with Crippen LogP contribution < -0.4 is 5.32 Å². The number of rotatable bonds is 4. The first-order chi connectivity index (χ1) is 13.8. The van der Waals surface area contributed by atoms with Gasteiger partial charge in [-0.25, -0.2) is 8.42 Å². The van der Waals surface area contributed by atoms with E-state index in [1.165, 1.54) is 15.6 Å². The van der Waals surface area contributed by atoms with Gasteiger partial charge in [-0.2, -0.15) is 9.40 Å². The molecular weight excluding hydrogens is 408 g/mol. The van der Waals surface area contributed by atoms with Crippen molar-refractivity contribution >= 4 is 43.2 Å². The number of hydrogen-bond acceptors (Lipinski definition) is 5. The van der Waals surface area contributed by atoms with Crippen LogP contribution in [0.1, 0.15) is 40.2 Å². The predicted octanol–water partition coefficient (Wildman–Crippen LogP) is 3.68. The molecule has 154 valence electrons. The van der Waals surface area contributed by atoms with Crippen molar-refractivity contribution in [3.8, 4) is 0 Å². The standard InChI is InChI=1S/C20H24N4O3S2/c1-13-7-8-15(29(26,27)24-9-5-4-6-10-24)11-17(13)21-19(25)18-12-16-14(2)22-23(3)20(16)28-18/h7-8,11-12H,4-6,9-10H2,1-3H3,(H,21,25). The topological polar surface area (TPSA) is 84.3 Å². The maximum absolute atomic E-state index is 13.0. The highest BCUT2D eigenvalue weighted by molar-refractivity contribution is 7.89. The molecule has 1 aromatic carbocycles. The van der Waals surface area contributed by atoms with Gasteiger partial charge < -0.3 is 5.32 Å². The fourth-order valence-corrected chi connectivity index (χ4v) is 6.21. The molecule has 1 saturated heterocycles. The monoisotopic (exact) mass is 432 g/mol. The lowest BCUT2D eigenvalue weighted by Gasteiger charge is -2.26. The van der Waals surface area contributed by atoms with Crippen LogP contribution in [0.2, 0.25) is 0 Å². The van der Waals surface area contributed by atoms with Gasteiger partial charge in [-0.15, -0.1) is 11.3 Å². The first-order valence-electron chi connectivity index (χ1n) is 9.62. The van der Waals surface area contributed by atoms with Crippen molar-refractivity contribution in [1.29, 1.82) is 0 Å². The molecule has 1 amide bonds. The third kappa shape index (κ3) is 3.70. The number of thiophene rings is 1. The Morgan fingerprint density at radius 3 is 2.55 bits per heavy atom. The van der Waals surface area contributed by atoms with Crippen LogP contribution in [-0.2, 0) is 17.1 Å². The van der Waals surface area contributed by atoms with Gasteiger partial charge in [0.1, 0.15) is 4.83 Å². The van der Waals surface area contributed by atoms with Crippen molar-refractivity contribution in [2.45, 2.75) is 38.0 Å². The summed E-state index contributed by atoms with van der Waals surface area (Å²) < 4.78 is 29.2. The van der Waals surface area contributed by atoms with E-state index < -0.39 is 10.0 Å². The van der Waals surface area contributed by atoms with Crippen molar-refractivity contribution in [2.75, 3.05) is 18.4 Å². The molecule has 3 heterocycles. The largest absolute Gasteiger partial charge is 0.321 e. The molecule has 0 bridgehead atoms. The Hall–Kier alpha value is -2.23.